The molecule has 8 heteroatoms. The summed E-state index contributed by atoms with van der Waals surface area (Å²) in [6, 6.07) is 10.3. The zero-order valence-electron chi connectivity index (χ0n) is 14.5. The number of hydrogen-bond donors (Lipinski definition) is 2. The molecule has 7 nitrogen and oxygen atoms in total. The van der Waals surface area contributed by atoms with Crippen molar-refractivity contribution in [1.82, 2.24) is 19.9 Å². The standard InChI is InChI=1S/C19H17ClN4O3/c1-21-18(25)16-11-23-17(15-10-13(19(26)27)6-8-22-15)24(16)9-7-12-2-4-14(20)5-3-12/h2-6,8,10-11H,7,9H2,1H3,(H,21,25)(H,26,27). The van der Waals surface area contributed by atoms with Crippen molar-refractivity contribution in [2.75, 3.05) is 7.05 Å². The number of aryl methyl sites for hydroxylation is 1. The van der Waals surface area contributed by atoms with Crippen LogP contribution in [0.15, 0.2) is 48.8 Å². The van der Waals surface area contributed by atoms with Gasteiger partial charge < -0.3 is 15.0 Å². The molecule has 0 fully saturated rings. The van der Waals surface area contributed by atoms with Crippen LogP contribution in [0.1, 0.15) is 26.4 Å². The van der Waals surface area contributed by atoms with Crippen molar-refractivity contribution in [2.24, 2.45) is 0 Å². The molecular weight excluding hydrogens is 368 g/mol. The summed E-state index contributed by atoms with van der Waals surface area (Å²) < 4.78 is 1.74. The molecule has 2 aromatic heterocycles. The maximum absolute atomic E-state index is 12.2. The molecule has 1 aromatic carbocycles. The van der Waals surface area contributed by atoms with Gasteiger partial charge in [0.15, 0.2) is 5.82 Å². The molecule has 0 aliphatic carbocycles. The van der Waals surface area contributed by atoms with Crippen LogP contribution in [0.5, 0.6) is 0 Å². The Balaban J connectivity index is 1.98. The molecule has 0 atom stereocenters. The predicted octanol–water partition coefficient (Wildman–Crippen LogP) is 2.90. The summed E-state index contributed by atoms with van der Waals surface area (Å²) in [4.78, 5) is 32.0. The number of carboxylic acids is 1. The number of aromatic carboxylic acids is 1. The van der Waals surface area contributed by atoms with Crippen LogP contribution in [0, 0.1) is 0 Å². The SMILES string of the molecule is CNC(=O)c1cnc(-c2cc(C(=O)O)ccn2)n1CCc1ccc(Cl)cc1. The second kappa shape index (κ2) is 8.01. The number of carbonyl (C=O) groups excluding carboxylic acids is 1. The zero-order valence-corrected chi connectivity index (χ0v) is 15.3. The van der Waals surface area contributed by atoms with E-state index in [1.165, 1.54) is 24.5 Å². The first-order valence-electron chi connectivity index (χ1n) is 8.21. The van der Waals surface area contributed by atoms with E-state index in [0.717, 1.165) is 5.56 Å². The smallest absolute Gasteiger partial charge is 0.335 e. The van der Waals surface area contributed by atoms with Crippen LogP contribution in [-0.2, 0) is 13.0 Å². The Morgan fingerprint density at radius 2 is 1.93 bits per heavy atom. The number of halogens is 1. The summed E-state index contributed by atoms with van der Waals surface area (Å²) in [5.41, 5.74) is 1.92. The Morgan fingerprint density at radius 3 is 2.59 bits per heavy atom. The van der Waals surface area contributed by atoms with E-state index in [2.05, 4.69) is 15.3 Å². The van der Waals surface area contributed by atoms with Gasteiger partial charge in [0.2, 0.25) is 0 Å². The summed E-state index contributed by atoms with van der Waals surface area (Å²) in [6.45, 7) is 0.471. The molecule has 0 radical (unpaired) electrons. The van der Waals surface area contributed by atoms with Gasteiger partial charge in [0, 0.05) is 24.8 Å². The van der Waals surface area contributed by atoms with E-state index < -0.39 is 5.97 Å². The van der Waals surface area contributed by atoms with Crippen molar-refractivity contribution < 1.29 is 14.7 Å². The first kappa shape index (κ1) is 18.6. The van der Waals surface area contributed by atoms with Crippen molar-refractivity contribution in [3.8, 4) is 11.5 Å². The molecule has 0 aliphatic rings. The minimum absolute atomic E-state index is 0.105. The summed E-state index contributed by atoms with van der Waals surface area (Å²) in [5.74, 6) is -0.894. The minimum Gasteiger partial charge on any atom is -0.478 e. The highest BCUT2D eigenvalue weighted by atomic mass is 35.5. The number of hydrogen-bond acceptors (Lipinski definition) is 4. The molecule has 0 aliphatic heterocycles. The van der Waals surface area contributed by atoms with Crippen molar-refractivity contribution in [2.45, 2.75) is 13.0 Å². The number of imidazole rings is 1. The van der Waals surface area contributed by atoms with E-state index in [4.69, 9.17) is 11.6 Å². The van der Waals surface area contributed by atoms with Gasteiger partial charge in [0.25, 0.3) is 5.91 Å². The topological polar surface area (TPSA) is 97.1 Å². The van der Waals surface area contributed by atoms with Gasteiger partial charge in [-0.1, -0.05) is 23.7 Å². The first-order valence-corrected chi connectivity index (χ1v) is 8.59. The fraction of sp³-hybridized carbons (Fsp3) is 0.158. The molecule has 1 amide bonds. The number of nitrogens with one attached hydrogen (secondary N) is 1. The fourth-order valence-electron chi connectivity index (χ4n) is 2.69. The van der Waals surface area contributed by atoms with Crippen LogP contribution in [0.4, 0.5) is 0 Å². The number of pyridine rings is 1. The van der Waals surface area contributed by atoms with Gasteiger partial charge in [0.05, 0.1) is 11.8 Å². The number of carboxylic acid groups (broad SMARTS) is 1. The molecular formula is C19H17ClN4O3. The van der Waals surface area contributed by atoms with Gasteiger partial charge >= 0.3 is 5.97 Å². The summed E-state index contributed by atoms with van der Waals surface area (Å²) in [7, 11) is 1.54. The molecule has 27 heavy (non-hydrogen) atoms. The fourth-order valence-corrected chi connectivity index (χ4v) is 2.82. The van der Waals surface area contributed by atoms with Gasteiger partial charge in [-0.2, -0.15) is 0 Å². The van der Waals surface area contributed by atoms with E-state index in [1.54, 1.807) is 11.6 Å². The highest BCUT2D eigenvalue weighted by molar-refractivity contribution is 6.30. The molecule has 0 unspecified atom stereocenters. The number of benzene rings is 1. The van der Waals surface area contributed by atoms with Crippen LogP contribution in [0.3, 0.4) is 0 Å². The van der Waals surface area contributed by atoms with Gasteiger partial charge in [-0.15, -0.1) is 0 Å². The number of nitrogens with zero attached hydrogens (tertiary/aromatic N) is 3. The van der Waals surface area contributed by atoms with E-state index in [9.17, 15) is 14.7 Å². The van der Waals surface area contributed by atoms with Crippen molar-refractivity contribution in [3.05, 3.63) is 70.6 Å². The second-order valence-corrected chi connectivity index (χ2v) is 6.25. The molecule has 0 bridgehead atoms. The molecule has 0 spiro atoms. The maximum Gasteiger partial charge on any atom is 0.335 e. The number of carbonyl (C=O) groups is 2. The van der Waals surface area contributed by atoms with Crippen LogP contribution in [0.25, 0.3) is 11.5 Å². The highest BCUT2D eigenvalue weighted by Gasteiger charge is 2.18. The lowest BCUT2D eigenvalue weighted by Crippen LogP contribution is -2.22. The Hall–Kier alpha value is -3.19. The summed E-state index contributed by atoms with van der Waals surface area (Å²) in [6.07, 6.45) is 3.52. The van der Waals surface area contributed by atoms with Crippen LogP contribution >= 0.6 is 11.6 Å². The predicted molar refractivity (Wildman–Crippen MR) is 101 cm³/mol. The average molecular weight is 385 g/mol. The molecule has 3 aromatic rings. The van der Waals surface area contributed by atoms with Gasteiger partial charge in [0.1, 0.15) is 11.4 Å². The third-order valence-corrected chi connectivity index (χ3v) is 4.34. The van der Waals surface area contributed by atoms with Crippen LogP contribution in [0.2, 0.25) is 5.02 Å². The lowest BCUT2D eigenvalue weighted by atomic mass is 10.1. The molecule has 2 N–H and O–H groups in total. The van der Waals surface area contributed by atoms with Crippen molar-refractivity contribution in [1.29, 1.82) is 0 Å². The summed E-state index contributed by atoms with van der Waals surface area (Å²) >= 11 is 5.92. The van der Waals surface area contributed by atoms with E-state index in [1.807, 2.05) is 24.3 Å². The number of amides is 1. The number of rotatable bonds is 6. The normalized spacial score (nSPS) is 10.6. The molecule has 2 heterocycles. The Kier molecular flexibility index (Phi) is 5.52. The average Bonchev–Trinajstić information content (AvgIpc) is 3.11. The highest BCUT2D eigenvalue weighted by Crippen LogP contribution is 2.20. The van der Waals surface area contributed by atoms with E-state index in [-0.39, 0.29) is 11.5 Å². The van der Waals surface area contributed by atoms with E-state index >= 15 is 0 Å². The lowest BCUT2D eigenvalue weighted by Gasteiger charge is -2.11. The quantitative estimate of drug-likeness (QED) is 0.681. The zero-order chi connectivity index (χ0) is 19.4. The monoisotopic (exact) mass is 384 g/mol. The van der Waals surface area contributed by atoms with Gasteiger partial charge in [-0.25, -0.2) is 9.78 Å². The molecule has 138 valence electrons. The summed E-state index contributed by atoms with van der Waals surface area (Å²) in [5, 5.41) is 12.4. The first-order chi connectivity index (χ1) is 13.0. The van der Waals surface area contributed by atoms with Crippen molar-refractivity contribution in [3.63, 3.8) is 0 Å². The molecule has 0 saturated carbocycles. The Labute approximate surface area is 160 Å². The Bertz CT molecular complexity index is 983. The molecule has 0 saturated heterocycles. The Morgan fingerprint density at radius 1 is 1.19 bits per heavy atom. The third kappa shape index (κ3) is 4.15. The second-order valence-electron chi connectivity index (χ2n) is 5.81. The third-order valence-electron chi connectivity index (χ3n) is 4.09. The van der Waals surface area contributed by atoms with Gasteiger partial charge in [-0.3, -0.25) is 9.78 Å². The van der Waals surface area contributed by atoms with Crippen LogP contribution < -0.4 is 5.32 Å². The largest absolute Gasteiger partial charge is 0.478 e. The molecule has 3 rings (SSSR count). The van der Waals surface area contributed by atoms with Gasteiger partial charge in [-0.05, 0) is 36.2 Å². The number of aromatic nitrogens is 3. The maximum atomic E-state index is 12.2. The lowest BCUT2D eigenvalue weighted by molar-refractivity contribution is 0.0696. The minimum atomic E-state index is -1.05. The van der Waals surface area contributed by atoms with Crippen LogP contribution in [-0.4, -0.2) is 38.6 Å². The van der Waals surface area contributed by atoms with E-state index in [0.29, 0.717) is 35.2 Å². The van der Waals surface area contributed by atoms with Crippen molar-refractivity contribution >= 4 is 23.5 Å².